The van der Waals surface area contributed by atoms with Crippen molar-refractivity contribution in [1.29, 1.82) is 0 Å². The maximum atomic E-state index is 11.1. The second kappa shape index (κ2) is 4.11. The van der Waals surface area contributed by atoms with Gasteiger partial charge in [0.1, 0.15) is 0 Å². The molecule has 0 atom stereocenters. The Morgan fingerprint density at radius 2 is 1.89 bits per heavy atom. The van der Waals surface area contributed by atoms with Crippen molar-refractivity contribution in [1.82, 2.24) is 0 Å². The Morgan fingerprint density at radius 3 is 2.22 bits per heavy atom. The van der Waals surface area contributed by atoms with Crippen molar-refractivity contribution in [2.45, 2.75) is 12.8 Å². The van der Waals surface area contributed by atoms with Crippen LogP contribution in [0.4, 0.5) is 13.2 Å². The van der Waals surface area contributed by atoms with Crippen molar-refractivity contribution in [2.75, 3.05) is 11.9 Å². The van der Waals surface area contributed by atoms with Crippen LogP contribution < -0.4 is 0 Å². The van der Waals surface area contributed by atoms with Gasteiger partial charge < -0.3 is 0 Å². The van der Waals surface area contributed by atoms with Crippen molar-refractivity contribution >= 4 is 15.9 Å². The fraction of sp³-hybridized carbons (Fsp3) is 1.00. The molecule has 0 rings (SSSR count). The van der Waals surface area contributed by atoms with Crippen LogP contribution in [-0.4, -0.2) is 18.3 Å². The average Bonchev–Trinajstić information content (AvgIpc) is 1.63. The van der Waals surface area contributed by atoms with E-state index in [1.54, 1.807) is 0 Å². The highest BCUT2D eigenvalue weighted by atomic mass is 79.9. The lowest BCUT2D eigenvalue weighted by Crippen LogP contribution is -2.14. The zero-order valence-corrected chi connectivity index (χ0v) is 6.13. The first-order valence-electron chi connectivity index (χ1n) is 2.33. The normalized spacial score (nSPS) is 12.0. The summed E-state index contributed by atoms with van der Waals surface area (Å²) in [5.41, 5.74) is 0. The molecule has 0 saturated carbocycles. The molecular formula is C4H6BrF3O. The number of rotatable bonds is 3. The summed E-state index contributed by atoms with van der Waals surface area (Å²) in [6.07, 6.45) is -4.10. The first-order valence-corrected chi connectivity index (χ1v) is 3.45. The molecule has 0 aliphatic heterocycles. The van der Waals surface area contributed by atoms with Gasteiger partial charge in [-0.15, -0.1) is 13.2 Å². The van der Waals surface area contributed by atoms with E-state index >= 15 is 0 Å². The van der Waals surface area contributed by atoms with Gasteiger partial charge in [-0.2, -0.15) is 0 Å². The van der Waals surface area contributed by atoms with Crippen LogP contribution in [0.25, 0.3) is 0 Å². The van der Waals surface area contributed by atoms with E-state index in [0.717, 1.165) is 0 Å². The summed E-state index contributed by atoms with van der Waals surface area (Å²) in [6, 6.07) is 0. The van der Waals surface area contributed by atoms with Crippen LogP contribution in [-0.2, 0) is 4.74 Å². The minimum Gasteiger partial charge on any atom is -0.292 e. The number of hydrogen-bond acceptors (Lipinski definition) is 1. The zero-order valence-electron chi connectivity index (χ0n) is 4.54. The summed E-state index contributed by atoms with van der Waals surface area (Å²) in [5.74, 6) is 0. The van der Waals surface area contributed by atoms with Gasteiger partial charge in [-0.1, -0.05) is 15.9 Å². The highest BCUT2D eigenvalue weighted by Gasteiger charge is 2.28. The van der Waals surface area contributed by atoms with Crippen LogP contribution in [0.1, 0.15) is 6.42 Å². The van der Waals surface area contributed by atoms with E-state index < -0.39 is 6.36 Å². The number of halogens is 4. The largest absolute Gasteiger partial charge is 0.522 e. The Hall–Kier alpha value is 0.230. The predicted molar refractivity (Wildman–Crippen MR) is 30.4 cm³/mol. The van der Waals surface area contributed by atoms with Crippen molar-refractivity contribution in [3.8, 4) is 0 Å². The van der Waals surface area contributed by atoms with Crippen molar-refractivity contribution < 1.29 is 17.9 Å². The molecule has 0 heterocycles. The smallest absolute Gasteiger partial charge is 0.292 e. The van der Waals surface area contributed by atoms with E-state index in [2.05, 4.69) is 20.7 Å². The van der Waals surface area contributed by atoms with Gasteiger partial charge in [-0.3, -0.25) is 4.74 Å². The molecule has 56 valence electrons. The second-order valence-electron chi connectivity index (χ2n) is 1.34. The molecule has 0 saturated heterocycles. The molecule has 0 aromatic heterocycles. The van der Waals surface area contributed by atoms with E-state index in [0.29, 0.717) is 11.8 Å². The Kier molecular flexibility index (Phi) is 4.22. The number of alkyl halides is 4. The quantitative estimate of drug-likeness (QED) is 0.509. The summed E-state index contributed by atoms with van der Waals surface area (Å²) >= 11 is 2.97. The van der Waals surface area contributed by atoms with Gasteiger partial charge in [0.05, 0.1) is 6.61 Å². The highest BCUT2D eigenvalue weighted by Crippen LogP contribution is 2.16. The first kappa shape index (κ1) is 9.23. The van der Waals surface area contributed by atoms with Crippen LogP contribution in [0.3, 0.4) is 0 Å². The van der Waals surface area contributed by atoms with E-state index in [1.165, 1.54) is 0 Å². The molecule has 1 nitrogen and oxygen atoms in total. The van der Waals surface area contributed by atoms with Gasteiger partial charge in [0.2, 0.25) is 0 Å². The minimum atomic E-state index is -4.47. The van der Waals surface area contributed by atoms with Crippen molar-refractivity contribution in [3.63, 3.8) is 0 Å². The third-order valence-electron chi connectivity index (χ3n) is 0.544. The molecular weight excluding hydrogens is 201 g/mol. The van der Waals surface area contributed by atoms with Crippen molar-refractivity contribution in [3.05, 3.63) is 0 Å². The maximum Gasteiger partial charge on any atom is 0.522 e. The van der Waals surface area contributed by atoms with Gasteiger partial charge in [-0.25, -0.2) is 0 Å². The van der Waals surface area contributed by atoms with Gasteiger partial charge in [0, 0.05) is 5.33 Å². The minimum absolute atomic E-state index is 0.269. The summed E-state index contributed by atoms with van der Waals surface area (Å²) < 4.78 is 36.9. The van der Waals surface area contributed by atoms with Crippen LogP contribution in [0, 0.1) is 0 Å². The Morgan fingerprint density at radius 1 is 1.33 bits per heavy atom. The molecule has 0 fully saturated rings. The predicted octanol–water partition coefficient (Wildman–Crippen LogP) is 2.31. The highest BCUT2D eigenvalue weighted by molar-refractivity contribution is 9.09. The van der Waals surface area contributed by atoms with Crippen LogP contribution in [0.2, 0.25) is 0 Å². The molecule has 0 aromatic carbocycles. The molecule has 0 amide bonds. The lowest BCUT2D eigenvalue weighted by molar-refractivity contribution is -0.324. The van der Waals surface area contributed by atoms with Gasteiger partial charge in [0.15, 0.2) is 0 Å². The summed E-state index contributed by atoms with van der Waals surface area (Å²) in [7, 11) is 0. The molecule has 0 aromatic rings. The van der Waals surface area contributed by atoms with Crippen LogP contribution in [0.15, 0.2) is 0 Å². The molecule has 0 unspecified atom stereocenters. The van der Waals surface area contributed by atoms with Crippen LogP contribution >= 0.6 is 15.9 Å². The molecule has 0 N–H and O–H groups in total. The third kappa shape index (κ3) is 8.23. The first-order chi connectivity index (χ1) is 4.06. The maximum absolute atomic E-state index is 11.1. The Labute approximate surface area is 59.3 Å². The molecule has 0 aliphatic rings. The summed E-state index contributed by atoms with van der Waals surface area (Å²) in [6.45, 7) is -0.269. The fourth-order valence-corrected chi connectivity index (χ4v) is 0.471. The monoisotopic (exact) mass is 206 g/mol. The summed E-state index contributed by atoms with van der Waals surface area (Å²) in [4.78, 5) is 0. The summed E-state index contributed by atoms with van der Waals surface area (Å²) in [5, 5.41) is 0.531. The van der Waals surface area contributed by atoms with E-state index in [-0.39, 0.29) is 6.61 Å². The molecule has 9 heavy (non-hydrogen) atoms. The molecule has 0 spiro atoms. The van der Waals surface area contributed by atoms with Crippen LogP contribution in [0.5, 0.6) is 0 Å². The van der Waals surface area contributed by atoms with E-state index in [9.17, 15) is 13.2 Å². The lowest BCUT2D eigenvalue weighted by Gasteiger charge is -2.04. The molecule has 0 bridgehead atoms. The van der Waals surface area contributed by atoms with E-state index in [4.69, 9.17) is 0 Å². The van der Waals surface area contributed by atoms with Gasteiger partial charge in [-0.05, 0) is 6.42 Å². The lowest BCUT2D eigenvalue weighted by atomic mass is 10.5. The zero-order chi connectivity index (χ0) is 7.33. The van der Waals surface area contributed by atoms with Gasteiger partial charge >= 0.3 is 6.36 Å². The SMILES string of the molecule is FC(F)(F)OCCCBr. The number of hydrogen-bond donors (Lipinski definition) is 0. The second-order valence-corrected chi connectivity index (χ2v) is 2.13. The van der Waals surface area contributed by atoms with E-state index in [1.807, 2.05) is 0 Å². The Bertz CT molecular complexity index is 72.7. The Balaban J connectivity index is 3.07. The molecule has 5 heteroatoms. The van der Waals surface area contributed by atoms with Crippen molar-refractivity contribution in [2.24, 2.45) is 0 Å². The molecule has 0 radical (unpaired) electrons. The standard InChI is InChI=1S/C4H6BrF3O/c5-2-1-3-9-4(6,7)8/h1-3H2. The topological polar surface area (TPSA) is 9.23 Å². The van der Waals surface area contributed by atoms with Gasteiger partial charge in [0.25, 0.3) is 0 Å². The average molecular weight is 207 g/mol. The third-order valence-corrected chi connectivity index (χ3v) is 1.10. The molecule has 0 aliphatic carbocycles. The number of ether oxygens (including phenoxy) is 1. The fourth-order valence-electron chi connectivity index (χ4n) is 0.242.